The largest absolute Gasteiger partial charge is 0.496 e. The third-order valence-electron chi connectivity index (χ3n) is 4.05. The molecule has 1 aliphatic heterocycles. The third kappa shape index (κ3) is 2.87. The van der Waals surface area contributed by atoms with Crippen LogP contribution in [0.25, 0.3) is 0 Å². The van der Waals surface area contributed by atoms with Gasteiger partial charge in [-0.3, -0.25) is 10.1 Å². The van der Waals surface area contributed by atoms with Crippen molar-refractivity contribution in [3.63, 3.8) is 0 Å². The van der Waals surface area contributed by atoms with Crippen LogP contribution in [0.15, 0.2) is 18.3 Å². The number of aromatic nitrogens is 2. The first-order valence-electron chi connectivity index (χ1n) is 7.40. The van der Waals surface area contributed by atoms with Crippen molar-refractivity contribution in [2.45, 2.75) is 12.6 Å². The van der Waals surface area contributed by atoms with Crippen LogP contribution in [0.2, 0.25) is 0 Å². The molecule has 2 heterocycles. The molecule has 2 aromatic rings. The molecule has 0 saturated heterocycles. The summed E-state index contributed by atoms with van der Waals surface area (Å²) in [6.07, 6.45) is 0.191. The lowest BCUT2D eigenvalue weighted by Crippen LogP contribution is -2.35. The molecule has 3 N–H and O–H groups in total. The standard InChI is InChI=1S/C15H17N5O5/c1-24-11-3-4-12(25-2)13-8(11)6-19(7-10(13)21)15-17-5-9(20(22)23)14(16)18-15/h3-5,10,21H,6-7H2,1-2H3,(H2,16,17,18). The predicted molar refractivity (Wildman–Crippen MR) is 88.7 cm³/mol. The van der Waals surface area contributed by atoms with Crippen LogP contribution in [-0.4, -0.2) is 40.8 Å². The van der Waals surface area contributed by atoms with Crippen LogP contribution >= 0.6 is 0 Å². The van der Waals surface area contributed by atoms with Gasteiger partial charge < -0.3 is 25.2 Å². The van der Waals surface area contributed by atoms with Gasteiger partial charge in [-0.25, -0.2) is 4.98 Å². The Labute approximate surface area is 143 Å². The number of hydrogen-bond acceptors (Lipinski definition) is 9. The average molecular weight is 347 g/mol. The minimum atomic E-state index is -0.867. The van der Waals surface area contributed by atoms with Gasteiger partial charge in [-0.05, 0) is 12.1 Å². The number of aliphatic hydroxyl groups is 1. The quantitative estimate of drug-likeness (QED) is 0.613. The second kappa shape index (κ2) is 6.40. The summed E-state index contributed by atoms with van der Waals surface area (Å²) in [7, 11) is 3.06. The lowest BCUT2D eigenvalue weighted by atomic mass is 9.95. The fourth-order valence-electron chi connectivity index (χ4n) is 2.90. The number of nitro groups is 1. The molecule has 0 saturated carbocycles. The number of hydrogen-bond donors (Lipinski definition) is 2. The highest BCUT2D eigenvalue weighted by atomic mass is 16.6. The zero-order chi connectivity index (χ0) is 18.1. The molecule has 3 rings (SSSR count). The second-order valence-corrected chi connectivity index (χ2v) is 5.46. The SMILES string of the molecule is COc1ccc(OC)c2c1CN(c1ncc([N+](=O)[O-])c(N)n1)CC2O. The summed E-state index contributed by atoms with van der Waals surface area (Å²) in [6.45, 7) is 0.526. The summed E-state index contributed by atoms with van der Waals surface area (Å²) in [5, 5.41) is 21.4. The van der Waals surface area contributed by atoms with E-state index in [1.54, 1.807) is 17.0 Å². The minimum absolute atomic E-state index is 0.188. The summed E-state index contributed by atoms with van der Waals surface area (Å²) in [6, 6.07) is 3.48. The fraction of sp³-hybridized carbons (Fsp3) is 0.333. The van der Waals surface area contributed by atoms with Crippen molar-refractivity contribution >= 4 is 17.5 Å². The van der Waals surface area contributed by atoms with Gasteiger partial charge in [-0.2, -0.15) is 4.98 Å². The molecule has 1 unspecified atom stereocenters. The van der Waals surface area contributed by atoms with E-state index in [4.69, 9.17) is 15.2 Å². The van der Waals surface area contributed by atoms with Gasteiger partial charge in [0.2, 0.25) is 11.8 Å². The number of ether oxygens (including phenoxy) is 2. The molecule has 1 aromatic heterocycles. The lowest BCUT2D eigenvalue weighted by molar-refractivity contribution is -0.384. The zero-order valence-corrected chi connectivity index (χ0v) is 13.7. The van der Waals surface area contributed by atoms with Crippen LogP contribution < -0.4 is 20.1 Å². The Balaban J connectivity index is 2.01. The van der Waals surface area contributed by atoms with E-state index in [0.717, 1.165) is 11.8 Å². The van der Waals surface area contributed by atoms with Crippen LogP contribution in [-0.2, 0) is 6.54 Å². The number of methoxy groups -OCH3 is 2. The molecule has 25 heavy (non-hydrogen) atoms. The van der Waals surface area contributed by atoms with Gasteiger partial charge >= 0.3 is 5.69 Å². The molecule has 132 valence electrons. The van der Waals surface area contributed by atoms with Gasteiger partial charge in [0.05, 0.1) is 32.2 Å². The van der Waals surface area contributed by atoms with Crippen molar-refractivity contribution in [3.05, 3.63) is 39.6 Å². The number of β-amino-alcohol motifs (C(OH)–C–C–N with tert-alkyl or cyclic N) is 1. The van der Waals surface area contributed by atoms with E-state index >= 15 is 0 Å². The second-order valence-electron chi connectivity index (χ2n) is 5.46. The Bertz CT molecular complexity index is 828. The topological polar surface area (TPSA) is 137 Å². The van der Waals surface area contributed by atoms with Gasteiger partial charge in [-0.15, -0.1) is 0 Å². The number of rotatable bonds is 4. The number of benzene rings is 1. The summed E-state index contributed by atoms with van der Waals surface area (Å²) in [5.41, 5.74) is 6.66. The van der Waals surface area contributed by atoms with Gasteiger partial charge in [0.1, 0.15) is 23.8 Å². The highest BCUT2D eigenvalue weighted by Crippen LogP contribution is 2.40. The number of nitrogens with zero attached hydrogens (tertiary/aromatic N) is 4. The number of nitrogens with two attached hydrogens (primary N) is 1. The maximum absolute atomic E-state index is 10.8. The molecule has 0 fully saturated rings. The number of aliphatic hydroxyl groups excluding tert-OH is 1. The average Bonchev–Trinajstić information content (AvgIpc) is 2.60. The van der Waals surface area contributed by atoms with Gasteiger partial charge in [0.25, 0.3) is 0 Å². The Morgan fingerprint density at radius 1 is 1.36 bits per heavy atom. The van der Waals surface area contributed by atoms with Crippen molar-refractivity contribution in [1.29, 1.82) is 0 Å². The first-order valence-corrected chi connectivity index (χ1v) is 7.40. The van der Waals surface area contributed by atoms with Crippen LogP contribution in [0.4, 0.5) is 17.5 Å². The summed E-state index contributed by atoms with van der Waals surface area (Å²) in [4.78, 5) is 19.9. The molecule has 0 aliphatic carbocycles. The number of nitrogen functional groups attached to an aromatic ring is 1. The van der Waals surface area contributed by atoms with E-state index in [1.165, 1.54) is 14.2 Å². The minimum Gasteiger partial charge on any atom is -0.496 e. The van der Waals surface area contributed by atoms with Crippen LogP contribution in [0.3, 0.4) is 0 Å². The Morgan fingerprint density at radius 2 is 2.04 bits per heavy atom. The molecule has 10 nitrogen and oxygen atoms in total. The molecule has 1 aliphatic rings. The number of fused-ring (bicyclic) bond motifs is 1. The van der Waals surface area contributed by atoms with E-state index in [2.05, 4.69) is 9.97 Å². The van der Waals surface area contributed by atoms with Crippen molar-refractivity contribution in [2.24, 2.45) is 0 Å². The monoisotopic (exact) mass is 347 g/mol. The molecule has 0 radical (unpaired) electrons. The normalized spacial score (nSPS) is 16.3. The molecule has 0 amide bonds. The van der Waals surface area contributed by atoms with E-state index in [9.17, 15) is 15.2 Å². The molecule has 1 aromatic carbocycles. The van der Waals surface area contributed by atoms with E-state index < -0.39 is 11.0 Å². The lowest BCUT2D eigenvalue weighted by Gasteiger charge is -2.33. The molecular weight excluding hydrogens is 330 g/mol. The maximum Gasteiger partial charge on any atom is 0.329 e. The summed E-state index contributed by atoms with van der Waals surface area (Å²) < 4.78 is 10.7. The fourth-order valence-corrected chi connectivity index (χ4v) is 2.90. The first-order chi connectivity index (χ1) is 12.0. The van der Waals surface area contributed by atoms with Crippen molar-refractivity contribution in [2.75, 3.05) is 31.4 Å². The van der Waals surface area contributed by atoms with Gasteiger partial charge in [0.15, 0.2) is 0 Å². The highest BCUT2D eigenvalue weighted by Gasteiger charge is 2.31. The Hall–Kier alpha value is -3.14. The third-order valence-corrected chi connectivity index (χ3v) is 4.05. The van der Waals surface area contributed by atoms with Crippen LogP contribution in [0.1, 0.15) is 17.2 Å². The highest BCUT2D eigenvalue weighted by molar-refractivity contribution is 5.57. The molecule has 0 bridgehead atoms. The maximum atomic E-state index is 10.8. The summed E-state index contributed by atoms with van der Waals surface area (Å²) in [5.74, 6) is 1.12. The first kappa shape index (κ1) is 16.7. The van der Waals surface area contributed by atoms with Gasteiger partial charge in [-0.1, -0.05) is 0 Å². The van der Waals surface area contributed by atoms with Crippen molar-refractivity contribution in [1.82, 2.24) is 9.97 Å². The Morgan fingerprint density at radius 3 is 2.64 bits per heavy atom. The molecule has 0 spiro atoms. The van der Waals surface area contributed by atoms with Crippen LogP contribution in [0.5, 0.6) is 11.5 Å². The molecule has 10 heteroatoms. The Kier molecular flexibility index (Phi) is 4.28. The van der Waals surface area contributed by atoms with Crippen molar-refractivity contribution in [3.8, 4) is 11.5 Å². The smallest absolute Gasteiger partial charge is 0.329 e. The van der Waals surface area contributed by atoms with Gasteiger partial charge in [0, 0.05) is 11.1 Å². The van der Waals surface area contributed by atoms with E-state index in [-0.39, 0.29) is 24.0 Å². The van der Waals surface area contributed by atoms with E-state index in [0.29, 0.717) is 23.6 Å². The molecular formula is C15H17N5O5. The summed E-state index contributed by atoms with van der Waals surface area (Å²) >= 11 is 0. The zero-order valence-electron chi connectivity index (χ0n) is 13.7. The van der Waals surface area contributed by atoms with Crippen molar-refractivity contribution < 1.29 is 19.5 Å². The van der Waals surface area contributed by atoms with Crippen LogP contribution in [0, 0.1) is 10.1 Å². The number of anilines is 2. The molecule has 1 atom stereocenters. The predicted octanol–water partition coefficient (Wildman–Crippen LogP) is 1.04. The van der Waals surface area contributed by atoms with E-state index in [1.807, 2.05) is 0 Å².